The first-order valence-corrected chi connectivity index (χ1v) is 11.2. The fourth-order valence-electron chi connectivity index (χ4n) is 3.60. The molecule has 5 nitrogen and oxygen atoms in total. The predicted molar refractivity (Wildman–Crippen MR) is 119 cm³/mol. The van der Waals surface area contributed by atoms with Gasteiger partial charge < -0.3 is 4.74 Å². The quantitative estimate of drug-likeness (QED) is 0.562. The molecule has 0 N–H and O–H groups in total. The molecule has 7 heteroatoms. The molecule has 1 amide bonds. The van der Waals surface area contributed by atoms with Gasteiger partial charge in [-0.1, -0.05) is 24.3 Å². The Morgan fingerprint density at radius 3 is 2.70 bits per heavy atom. The number of carbonyl (C=O) groups excluding carboxylic acids is 1. The number of benzene rings is 2. The molecule has 0 bridgehead atoms. The van der Waals surface area contributed by atoms with Crippen LogP contribution in [-0.2, 0) is 11.2 Å². The summed E-state index contributed by atoms with van der Waals surface area (Å²) in [5, 5.41) is 0.689. The van der Waals surface area contributed by atoms with Crippen LogP contribution in [0.3, 0.4) is 0 Å². The second-order valence-corrected chi connectivity index (χ2v) is 8.43. The molecule has 158 valence electrons. The lowest BCUT2D eigenvalue weighted by atomic mass is 10.2. The summed E-state index contributed by atoms with van der Waals surface area (Å²) in [6.07, 6.45) is 1.80. The maximum Gasteiger partial charge on any atom is 0.260 e. The van der Waals surface area contributed by atoms with Crippen molar-refractivity contribution in [3.05, 3.63) is 59.4 Å². The minimum absolute atomic E-state index is 0.147. The van der Waals surface area contributed by atoms with Crippen LogP contribution < -0.4 is 4.90 Å². The minimum atomic E-state index is -0.350. The van der Waals surface area contributed by atoms with Gasteiger partial charge in [-0.05, 0) is 54.8 Å². The first kappa shape index (κ1) is 20.9. The number of rotatable bonds is 7. The molecule has 1 saturated heterocycles. The van der Waals surface area contributed by atoms with Crippen LogP contribution in [0.15, 0.2) is 42.5 Å². The first-order valence-electron chi connectivity index (χ1n) is 10.4. The zero-order valence-electron chi connectivity index (χ0n) is 17.1. The number of hydrogen-bond donors (Lipinski definition) is 0. The zero-order valence-corrected chi connectivity index (χ0v) is 18.0. The minimum Gasteiger partial charge on any atom is -0.379 e. The smallest absolute Gasteiger partial charge is 0.260 e. The van der Waals surface area contributed by atoms with E-state index in [2.05, 4.69) is 24.0 Å². The Bertz CT molecular complexity index is 999. The average molecular weight is 428 g/mol. The lowest BCUT2D eigenvalue weighted by Crippen LogP contribution is -2.39. The number of amides is 1. The molecule has 1 aromatic heterocycles. The van der Waals surface area contributed by atoms with Crippen molar-refractivity contribution >= 4 is 32.6 Å². The van der Waals surface area contributed by atoms with Crippen molar-refractivity contribution in [2.24, 2.45) is 0 Å². The van der Waals surface area contributed by atoms with E-state index >= 15 is 0 Å². The van der Waals surface area contributed by atoms with Gasteiger partial charge in [0.05, 0.1) is 23.4 Å². The molecule has 0 unspecified atom stereocenters. The van der Waals surface area contributed by atoms with E-state index in [-0.39, 0.29) is 11.7 Å². The summed E-state index contributed by atoms with van der Waals surface area (Å²) >= 11 is 1.53. The lowest BCUT2D eigenvalue weighted by molar-refractivity contribution is 0.0376. The molecule has 0 radical (unpaired) electrons. The number of nitrogens with zero attached hydrogens (tertiary/aromatic N) is 3. The highest BCUT2D eigenvalue weighted by atomic mass is 32.1. The van der Waals surface area contributed by atoms with Gasteiger partial charge in [0.25, 0.3) is 5.91 Å². The number of fused-ring (bicyclic) bond motifs is 1. The van der Waals surface area contributed by atoms with Crippen LogP contribution in [0, 0.1) is 5.82 Å². The van der Waals surface area contributed by atoms with Crippen molar-refractivity contribution in [3.63, 3.8) is 0 Å². The Balaban J connectivity index is 1.57. The molecular formula is C23H26FN3O2S. The summed E-state index contributed by atoms with van der Waals surface area (Å²) in [5.74, 6) is -0.496. The summed E-state index contributed by atoms with van der Waals surface area (Å²) in [6.45, 7) is 6.96. The number of halogens is 1. The van der Waals surface area contributed by atoms with Gasteiger partial charge in [-0.2, -0.15) is 0 Å². The van der Waals surface area contributed by atoms with Crippen molar-refractivity contribution in [2.75, 3.05) is 44.3 Å². The number of hydrogen-bond acceptors (Lipinski definition) is 5. The average Bonchev–Trinajstić information content (AvgIpc) is 3.20. The van der Waals surface area contributed by atoms with E-state index in [0.717, 1.165) is 55.9 Å². The maximum atomic E-state index is 13.3. The van der Waals surface area contributed by atoms with Crippen LogP contribution >= 0.6 is 11.3 Å². The molecule has 1 aliphatic rings. The van der Waals surface area contributed by atoms with Gasteiger partial charge in [-0.15, -0.1) is 0 Å². The predicted octanol–water partition coefficient (Wildman–Crippen LogP) is 4.37. The highest BCUT2D eigenvalue weighted by Gasteiger charge is 2.22. The largest absolute Gasteiger partial charge is 0.379 e. The van der Waals surface area contributed by atoms with Gasteiger partial charge in [-0.3, -0.25) is 14.6 Å². The van der Waals surface area contributed by atoms with Crippen LogP contribution in [-0.4, -0.2) is 55.2 Å². The molecule has 1 aliphatic heterocycles. The highest BCUT2D eigenvalue weighted by molar-refractivity contribution is 7.22. The van der Waals surface area contributed by atoms with E-state index in [9.17, 15) is 9.18 Å². The van der Waals surface area contributed by atoms with Crippen LogP contribution in [0.4, 0.5) is 9.52 Å². The van der Waals surface area contributed by atoms with E-state index in [0.29, 0.717) is 17.2 Å². The molecule has 1 fully saturated rings. The summed E-state index contributed by atoms with van der Waals surface area (Å²) in [5.41, 5.74) is 2.62. The summed E-state index contributed by atoms with van der Waals surface area (Å²) < 4.78 is 19.8. The van der Waals surface area contributed by atoms with Gasteiger partial charge in [0.1, 0.15) is 5.82 Å². The number of morpholine rings is 1. The van der Waals surface area contributed by atoms with Crippen molar-refractivity contribution < 1.29 is 13.9 Å². The van der Waals surface area contributed by atoms with Crippen LogP contribution in [0.25, 0.3) is 10.2 Å². The van der Waals surface area contributed by atoms with Gasteiger partial charge in [-0.25, -0.2) is 9.37 Å². The number of aromatic nitrogens is 1. The molecule has 3 aromatic rings. The van der Waals surface area contributed by atoms with Gasteiger partial charge in [0, 0.05) is 31.7 Å². The molecule has 0 atom stereocenters. The Hall–Kier alpha value is -2.35. The number of thiazole rings is 1. The fourth-order valence-corrected chi connectivity index (χ4v) is 4.66. The van der Waals surface area contributed by atoms with E-state index in [4.69, 9.17) is 9.72 Å². The van der Waals surface area contributed by atoms with E-state index in [1.807, 2.05) is 6.07 Å². The Morgan fingerprint density at radius 2 is 1.97 bits per heavy atom. The Kier molecular flexibility index (Phi) is 6.72. The maximum absolute atomic E-state index is 13.3. The normalized spacial score (nSPS) is 14.9. The Morgan fingerprint density at radius 1 is 1.20 bits per heavy atom. The summed E-state index contributed by atoms with van der Waals surface area (Å²) in [7, 11) is 0. The molecule has 0 saturated carbocycles. The number of ether oxygens (including phenoxy) is 1. The molecule has 30 heavy (non-hydrogen) atoms. The van der Waals surface area contributed by atoms with Crippen molar-refractivity contribution in [1.29, 1.82) is 0 Å². The third-order valence-corrected chi connectivity index (χ3v) is 6.42. The molecule has 4 rings (SSSR count). The summed E-state index contributed by atoms with van der Waals surface area (Å²) in [4.78, 5) is 22.1. The van der Waals surface area contributed by atoms with E-state index < -0.39 is 0 Å². The molecule has 0 spiro atoms. The van der Waals surface area contributed by atoms with Gasteiger partial charge >= 0.3 is 0 Å². The SMILES string of the molecule is CCc1ccc2nc(N(CCCN3CCOCC3)C(=O)c3ccc(F)cc3)sc2c1. The summed E-state index contributed by atoms with van der Waals surface area (Å²) in [6, 6.07) is 12.0. The standard InChI is InChI=1S/C23H26FN3O2S/c1-2-17-4-9-20-21(16-17)30-23(25-20)27(11-3-10-26-12-14-29-15-13-26)22(28)18-5-7-19(24)8-6-18/h4-9,16H,2-3,10-15H2,1H3. The van der Waals surface area contributed by atoms with E-state index in [1.165, 1.54) is 41.2 Å². The number of carbonyl (C=O) groups is 1. The first-order chi connectivity index (χ1) is 14.6. The third kappa shape index (κ3) is 4.86. The molecule has 0 aliphatic carbocycles. The molecule has 2 heterocycles. The van der Waals surface area contributed by atoms with Crippen molar-refractivity contribution in [3.8, 4) is 0 Å². The Labute approximate surface area is 180 Å². The number of anilines is 1. The van der Waals surface area contributed by atoms with E-state index in [1.54, 1.807) is 4.90 Å². The monoisotopic (exact) mass is 427 g/mol. The fraction of sp³-hybridized carbons (Fsp3) is 0.391. The third-order valence-electron chi connectivity index (χ3n) is 5.38. The zero-order chi connectivity index (χ0) is 20.9. The van der Waals surface area contributed by atoms with Crippen LogP contribution in [0.5, 0.6) is 0 Å². The van der Waals surface area contributed by atoms with Gasteiger partial charge in [0.2, 0.25) is 0 Å². The topological polar surface area (TPSA) is 45.7 Å². The number of aryl methyl sites for hydroxylation is 1. The second kappa shape index (κ2) is 9.64. The van der Waals surface area contributed by atoms with Crippen molar-refractivity contribution in [2.45, 2.75) is 19.8 Å². The molecule has 2 aromatic carbocycles. The highest BCUT2D eigenvalue weighted by Crippen LogP contribution is 2.31. The van der Waals surface area contributed by atoms with Crippen LogP contribution in [0.2, 0.25) is 0 Å². The van der Waals surface area contributed by atoms with Crippen LogP contribution in [0.1, 0.15) is 29.3 Å². The second-order valence-electron chi connectivity index (χ2n) is 7.42. The van der Waals surface area contributed by atoms with Crippen molar-refractivity contribution in [1.82, 2.24) is 9.88 Å². The molecular weight excluding hydrogens is 401 g/mol. The van der Waals surface area contributed by atoms with Gasteiger partial charge in [0.15, 0.2) is 5.13 Å². The lowest BCUT2D eigenvalue weighted by Gasteiger charge is -2.27.